The van der Waals surface area contributed by atoms with Crippen LogP contribution in [0, 0.1) is 13.8 Å². The van der Waals surface area contributed by atoms with Crippen LogP contribution in [0.5, 0.6) is 11.5 Å². The van der Waals surface area contributed by atoms with Crippen molar-refractivity contribution in [2.24, 2.45) is 0 Å². The van der Waals surface area contributed by atoms with Crippen molar-refractivity contribution in [1.29, 1.82) is 0 Å². The van der Waals surface area contributed by atoms with E-state index in [1.54, 1.807) is 24.3 Å². The van der Waals surface area contributed by atoms with Gasteiger partial charge in [0.1, 0.15) is 11.5 Å². The van der Waals surface area contributed by atoms with Crippen molar-refractivity contribution < 1.29 is 14.3 Å². The second kappa shape index (κ2) is 8.22. The molecule has 0 saturated carbocycles. The molecule has 23 heavy (non-hydrogen) atoms. The number of ether oxygens (including phenoxy) is 2. The summed E-state index contributed by atoms with van der Waals surface area (Å²) in [5.41, 5.74) is 2.83. The Labute approximate surface area is 137 Å². The predicted octanol–water partition coefficient (Wildman–Crippen LogP) is 5.09. The number of aryl methyl sites for hydroxylation is 2. The van der Waals surface area contributed by atoms with Crippen molar-refractivity contribution in [1.82, 2.24) is 0 Å². The lowest BCUT2D eigenvalue weighted by Gasteiger charge is -2.10. The molecule has 0 radical (unpaired) electrons. The zero-order chi connectivity index (χ0) is 16.7. The number of unbranched alkanes of at least 4 members (excludes halogenated alkanes) is 1. The van der Waals surface area contributed by atoms with Gasteiger partial charge in [-0.1, -0.05) is 25.5 Å². The number of nitrogens with one attached hydrogen (secondary N) is 1. The highest BCUT2D eigenvalue weighted by molar-refractivity contribution is 5.87. The molecular weight excluding hydrogens is 290 g/mol. The van der Waals surface area contributed by atoms with Gasteiger partial charge in [0.2, 0.25) is 0 Å². The molecule has 4 heteroatoms. The van der Waals surface area contributed by atoms with Gasteiger partial charge < -0.3 is 9.47 Å². The summed E-state index contributed by atoms with van der Waals surface area (Å²) in [6.45, 7) is 6.74. The van der Waals surface area contributed by atoms with Crippen LogP contribution in [0.1, 0.15) is 30.9 Å². The van der Waals surface area contributed by atoms with E-state index in [0.717, 1.165) is 35.4 Å². The summed E-state index contributed by atoms with van der Waals surface area (Å²) in [5.74, 6) is 1.26. The molecule has 2 aromatic carbocycles. The van der Waals surface area contributed by atoms with Gasteiger partial charge in [-0.15, -0.1) is 0 Å². The van der Waals surface area contributed by atoms with E-state index in [-0.39, 0.29) is 0 Å². The van der Waals surface area contributed by atoms with Crippen LogP contribution >= 0.6 is 0 Å². The van der Waals surface area contributed by atoms with E-state index < -0.39 is 6.09 Å². The highest BCUT2D eigenvalue weighted by atomic mass is 16.6. The molecule has 0 aliphatic heterocycles. The highest BCUT2D eigenvalue weighted by Gasteiger charge is 2.07. The van der Waals surface area contributed by atoms with Crippen molar-refractivity contribution in [3.63, 3.8) is 0 Å². The van der Waals surface area contributed by atoms with Crippen LogP contribution in [-0.2, 0) is 0 Å². The van der Waals surface area contributed by atoms with E-state index in [9.17, 15) is 4.79 Å². The van der Waals surface area contributed by atoms with E-state index >= 15 is 0 Å². The molecular formula is C19H23NO3. The molecule has 0 saturated heterocycles. The maximum atomic E-state index is 12.0. The quantitative estimate of drug-likeness (QED) is 0.755. The first kappa shape index (κ1) is 16.9. The van der Waals surface area contributed by atoms with Gasteiger partial charge in [-0.05, 0) is 61.7 Å². The summed E-state index contributed by atoms with van der Waals surface area (Å²) in [5, 5.41) is 2.76. The molecule has 122 valence electrons. The number of carbonyl (C=O) groups is 1. The zero-order valence-corrected chi connectivity index (χ0v) is 13.9. The number of amides is 1. The van der Waals surface area contributed by atoms with E-state index in [0.29, 0.717) is 12.4 Å². The van der Waals surface area contributed by atoms with Gasteiger partial charge in [0.15, 0.2) is 0 Å². The molecule has 0 atom stereocenters. The average Bonchev–Trinajstić information content (AvgIpc) is 2.53. The van der Waals surface area contributed by atoms with Crippen LogP contribution in [0.4, 0.5) is 10.5 Å². The Balaban J connectivity index is 1.91. The first-order valence-electron chi connectivity index (χ1n) is 7.87. The Morgan fingerprint density at radius 2 is 1.74 bits per heavy atom. The minimum Gasteiger partial charge on any atom is -0.494 e. The Bertz CT molecular complexity index is 650. The third-order valence-corrected chi connectivity index (χ3v) is 3.43. The normalized spacial score (nSPS) is 10.2. The third-order valence-electron chi connectivity index (χ3n) is 3.43. The molecule has 0 aliphatic carbocycles. The zero-order valence-electron chi connectivity index (χ0n) is 13.9. The van der Waals surface area contributed by atoms with E-state index in [1.807, 2.05) is 32.0 Å². The van der Waals surface area contributed by atoms with Gasteiger partial charge in [-0.2, -0.15) is 0 Å². The second-order valence-corrected chi connectivity index (χ2v) is 5.51. The standard InChI is InChI=1S/C19H23NO3/c1-4-5-12-22-16-8-10-17(11-9-16)23-19(21)20-18-13-14(2)6-7-15(18)3/h6-11,13H,4-5,12H2,1-3H3,(H,20,21). The number of rotatable bonds is 6. The topological polar surface area (TPSA) is 47.6 Å². The summed E-state index contributed by atoms with van der Waals surface area (Å²) in [4.78, 5) is 12.0. The van der Waals surface area contributed by atoms with Crippen LogP contribution < -0.4 is 14.8 Å². The number of anilines is 1. The summed E-state index contributed by atoms with van der Waals surface area (Å²) in [6.07, 6.45) is 1.62. The Morgan fingerprint density at radius 3 is 2.43 bits per heavy atom. The largest absolute Gasteiger partial charge is 0.494 e. The van der Waals surface area contributed by atoms with Crippen LogP contribution in [-0.4, -0.2) is 12.7 Å². The van der Waals surface area contributed by atoms with Crippen molar-refractivity contribution >= 4 is 11.8 Å². The smallest absolute Gasteiger partial charge is 0.417 e. The fraction of sp³-hybridized carbons (Fsp3) is 0.316. The Kier molecular flexibility index (Phi) is 6.03. The van der Waals surface area contributed by atoms with Gasteiger partial charge in [0.05, 0.1) is 6.61 Å². The van der Waals surface area contributed by atoms with Crippen LogP contribution in [0.15, 0.2) is 42.5 Å². The minimum atomic E-state index is -0.502. The van der Waals surface area contributed by atoms with Gasteiger partial charge in [-0.3, -0.25) is 5.32 Å². The molecule has 0 heterocycles. The SMILES string of the molecule is CCCCOc1ccc(OC(=O)Nc2cc(C)ccc2C)cc1. The van der Waals surface area contributed by atoms with Crippen molar-refractivity contribution in [2.45, 2.75) is 33.6 Å². The van der Waals surface area contributed by atoms with Gasteiger partial charge in [-0.25, -0.2) is 4.79 Å². The molecule has 0 aromatic heterocycles. The first-order valence-corrected chi connectivity index (χ1v) is 7.87. The monoisotopic (exact) mass is 313 g/mol. The molecule has 1 N–H and O–H groups in total. The van der Waals surface area contributed by atoms with Crippen molar-refractivity contribution in [3.8, 4) is 11.5 Å². The maximum absolute atomic E-state index is 12.0. The highest BCUT2D eigenvalue weighted by Crippen LogP contribution is 2.20. The van der Waals surface area contributed by atoms with Crippen LogP contribution in [0.3, 0.4) is 0 Å². The van der Waals surface area contributed by atoms with Crippen LogP contribution in [0.2, 0.25) is 0 Å². The number of hydrogen-bond acceptors (Lipinski definition) is 3. The summed E-state index contributed by atoms with van der Waals surface area (Å²) < 4.78 is 10.9. The molecule has 2 rings (SSSR count). The first-order chi connectivity index (χ1) is 11.1. The molecule has 0 bridgehead atoms. The summed E-state index contributed by atoms with van der Waals surface area (Å²) in [7, 11) is 0. The maximum Gasteiger partial charge on any atom is 0.417 e. The molecule has 4 nitrogen and oxygen atoms in total. The molecule has 2 aromatic rings. The van der Waals surface area contributed by atoms with Crippen LogP contribution in [0.25, 0.3) is 0 Å². The van der Waals surface area contributed by atoms with Crippen molar-refractivity contribution in [3.05, 3.63) is 53.6 Å². The Morgan fingerprint density at radius 1 is 1.04 bits per heavy atom. The van der Waals surface area contributed by atoms with E-state index in [2.05, 4.69) is 12.2 Å². The third kappa shape index (κ3) is 5.33. The number of benzene rings is 2. The number of hydrogen-bond donors (Lipinski definition) is 1. The average molecular weight is 313 g/mol. The summed E-state index contributed by atoms with van der Waals surface area (Å²) >= 11 is 0. The second-order valence-electron chi connectivity index (χ2n) is 5.51. The van der Waals surface area contributed by atoms with E-state index in [4.69, 9.17) is 9.47 Å². The molecule has 1 amide bonds. The molecule has 0 fully saturated rings. The molecule has 0 spiro atoms. The Hall–Kier alpha value is -2.49. The fourth-order valence-electron chi connectivity index (χ4n) is 2.05. The fourth-order valence-corrected chi connectivity index (χ4v) is 2.05. The molecule has 0 unspecified atom stereocenters. The number of carbonyl (C=O) groups excluding carboxylic acids is 1. The van der Waals surface area contributed by atoms with Gasteiger partial charge in [0, 0.05) is 5.69 Å². The lowest BCUT2D eigenvalue weighted by atomic mass is 10.1. The van der Waals surface area contributed by atoms with Gasteiger partial charge in [0.25, 0.3) is 0 Å². The lowest BCUT2D eigenvalue weighted by Crippen LogP contribution is -2.17. The predicted molar refractivity (Wildman–Crippen MR) is 92.4 cm³/mol. The molecule has 0 aliphatic rings. The lowest BCUT2D eigenvalue weighted by molar-refractivity contribution is 0.215. The van der Waals surface area contributed by atoms with Gasteiger partial charge >= 0.3 is 6.09 Å². The summed E-state index contributed by atoms with van der Waals surface area (Å²) in [6, 6.07) is 12.9. The van der Waals surface area contributed by atoms with E-state index in [1.165, 1.54) is 0 Å². The minimum absolute atomic E-state index is 0.482. The van der Waals surface area contributed by atoms with Crippen molar-refractivity contribution in [2.75, 3.05) is 11.9 Å².